The Kier molecular flexibility index (Phi) is 9.60. The number of unbranched alkanes of at least 4 members (excludes halogenated alkanes) is 3. The fourth-order valence-corrected chi connectivity index (χ4v) is 5.83. The molecular weight excluding hydrogens is 331 g/mol. The van der Waals surface area contributed by atoms with Crippen LogP contribution in [0.5, 0.6) is 0 Å². The lowest BCUT2D eigenvalue weighted by molar-refractivity contribution is 0.123. The Bertz CT molecular complexity index is 465. The van der Waals surface area contributed by atoms with Gasteiger partial charge in [-0.3, -0.25) is 0 Å². The van der Waals surface area contributed by atoms with Gasteiger partial charge in [0.25, 0.3) is 0 Å². The molecule has 3 fully saturated rings. The van der Waals surface area contributed by atoms with E-state index in [-0.39, 0.29) is 11.2 Å². The van der Waals surface area contributed by atoms with Gasteiger partial charge in [-0.05, 0) is 86.7 Å². The van der Waals surface area contributed by atoms with Crippen LogP contribution in [0.3, 0.4) is 0 Å². The summed E-state index contributed by atoms with van der Waals surface area (Å²) in [6.45, 7) is 6.82. The number of hydrogen-bond acceptors (Lipinski definition) is 0. The van der Waals surface area contributed by atoms with Gasteiger partial charge in [-0.2, -0.15) is 0 Å². The molecule has 0 aromatic rings. The zero-order valence-electron chi connectivity index (χ0n) is 18.5. The first-order chi connectivity index (χ1) is 13.1. The highest BCUT2D eigenvalue weighted by atomic mass is 19.1. The van der Waals surface area contributed by atoms with Crippen molar-refractivity contribution in [2.24, 2.45) is 16.7 Å². The van der Waals surface area contributed by atoms with E-state index in [1.807, 2.05) is 12.2 Å². The van der Waals surface area contributed by atoms with Gasteiger partial charge in [-0.25, -0.2) is 4.39 Å². The summed E-state index contributed by atoms with van der Waals surface area (Å²) in [5, 5.41) is 0. The van der Waals surface area contributed by atoms with Gasteiger partial charge in [0.05, 0.1) is 0 Å². The second kappa shape index (κ2) is 11.4. The first kappa shape index (κ1) is 22.7. The predicted octanol–water partition coefficient (Wildman–Crippen LogP) is 9.31. The molecule has 0 aromatic heterocycles. The van der Waals surface area contributed by atoms with Gasteiger partial charge in [0.15, 0.2) is 0 Å². The quantitative estimate of drug-likeness (QED) is 0.235. The molecule has 3 aliphatic carbocycles. The monoisotopic (exact) mass is 376 g/mol. The van der Waals surface area contributed by atoms with E-state index in [1.165, 1.54) is 103 Å². The molecule has 1 atom stereocenters. The summed E-state index contributed by atoms with van der Waals surface area (Å²) in [6.07, 6.45) is 26.5. The van der Waals surface area contributed by atoms with Gasteiger partial charge in [0, 0.05) is 0 Å². The molecule has 0 amide bonds. The summed E-state index contributed by atoms with van der Waals surface area (Å²) in [6, 6.07) is 0. The Morgan fingerprint density at radius 2 is 1.63 bits per heavy atom. The van der Waals surface area contributed by atoms with Crippen LogP contribution in [-0.2, 0) is 0 Å². The van der Waals surface area contributed by atoms with Crippen LogP contribution in [0.25, 0.3) is 0 Å². The highest BCUT2D eigenvalue weighted by Gasteiger charge is 2.44. The molecule has 3 rings (SSSR count). The van der Waals surface area contributed by atoms with Crippen LogP contribution < -0.4 is 0 Å². The maximum absolute atomic E-state index is 14.8. The normalized spacial score (nSPS) is 30.0. The largest absolute Gasteiger partial charge is 0.207 e. The predicted molar refractivity (Wildman–Crippen MR) is 118 cm³/mol. The van der Waals surface area contributed by atoms with Crippen LogP contribution in [0.1, 0.15) is 124 Å². The van der Waals surface area contributed by atoms with Gasteiger partial charge < -0.3 is 0 Å². The Morgan fingerprint density at radius 3 is 2.30 bits per heavy atom. The molecule has 0 radical (unpaired) electrons. The van der Waals surface area contributed by atoms with E-state index >= 15 is 0 Å². The molecular formula is C26H45F. The lowest BCUT2D eigenvalue weighted by Crippen LogP contribution is -2.29. The molecule has 2 bridgehead atoms. The number of halogens is 1. The molecule has 0 spiro atoms. The summed E-state index contributed by atoms with van der Waals surface area (Å²) in [5.41, 5.74) is 0.753. The summed E-state index contributed by atoms with van der Waals surface area (Å²) in [5.74, 6) is 0.593. The molecule has 3 saturated carbocycles. The second-order valence-electron chi connectivity index (χ2n) is 9.75. The van der Waals surface area contributed by atoms with E-state index in [0.29, 0.717) is 11.3 Å². The second-order valence-corrected chi connectivity index (χ2v) is 9.75. The van der Waals surface area contributed by atoms with E-state index in [1.54, 1.807) is 0 Å². The van der Waals surface area contributed by atoms with Crippen LogP contribution in [0.15, 0.2) is 24.1 Å². The first-order valence-corrected chi connectivity index (χ1v) is 12.1. The number of rotatable bonds is 12. The summed E-state index contributed by atoms with van der Waals surface area (Å²) in [4.78, 5) is 0. The zero-order chi connectivity index (χ0) is 19.6. The minimum absolute atomic E-state index is 0.0366. The van der Waals surface area contributed by atoms with E-state index in [4.69, 9.17) is 0 Å². The van der Waals surface area contributed by atoms with Crippen molar-refractivity contribution in [3.05, 3.63) is 24.1 Å². The Labute approximate surface area is 169 Å². The lowest BCUT2D eigenvalue weighted by atomic mass is 9.63. The van der Waals surface area contributed by atoms with Crippen molar-refractivity contribution in [3.63, 3.8) is 0 Å². The van der Waals surface area contributed by atoms with E-state index < -0.39 is 0 Å². The van der Waals surface area contributed by atoms with E-state index in [2.05, 4.69) is 26.8 Å². The molecule has 156 valence electrons. The smallest absolute Gasteiger partial charge is 0.119 e. The average Bonchev–Trinajstić information content (AvgIpc) is 2.93. The molecule has 0 aliphatic heterocycles. The summed E-state index contributed by atoms with van der Waals surface area (Å²) in [7, 11) is 0. The minimum atomic E-state index is 0.0366. The topological polar surface area (TPSA) is 0 Å². The van der Waals surface area contributed by atoms with Gasteiger partial charge in [-0.15, -0.1) is 0 Å². The molecule has 3 aliphatic rings. The minimum Gasteiger partial charge on any atom is -0.207 e. The van der Waals surface area contributed by atoms with Gasteiger partial charge in [0.2, 0.25) is 0 Å². The van der Waals surface area contributed by atoms with Gasteiger partial charge >= 0.3 is 0 Å². The fourth-order valence-electron chi connectivity index (χ4n) is 5.83. The van der Waals surface area contributed by atoms with Crippen molar-refractivity contribution in [1.29, 1.82) is 0 Å². The van der Waals surface area contributed by atoms with Crippen molar-refractivity contribution in [2.45, 2.75) is 124 Å². The van der Waals surface area contributed by atoms with Crippen molar-refractivity contribution >= 4 is 0 Å². The highest BCUT2D eigenvalue weighted by molar-refractivity contribution is 5.18. The van der Waals surface area contributed by atoms with Gasteiger partial charge in [0.1, 0.15) is 5.83 Å². The molecule has 0 aromatic carbocycles. The highest BCUT2D eigenvalue weighted by Crippen LogP contribution is 2.56. The Morgan fingerprint density at radius 1 is 0.852 bits per heavy atom. The van der Waals surface area contributed by atoms with E-state index in [0.717, 1.165) is 0 Å². The third-order valence-corrected chi connectivity index (χ3v) is 7.53. The molecule has 1 unspecified atom stereocenters. The maximum atomic E-state index is 14.8. The Balaban J connectivity index is 1.94. The standard InChI is InChI=1S/C26H45F/c1-4-7-8-9-12-23(11-5-2)13-14-24(27)22-26-17-10-16-25(15-6-3,18-20-26)19-21-26/h13-14,22-23H,4-12,15-21H2,1-3H3/b14-13+,24-22-. The van der Waals surface area contributed by atoms with Crippen LogP contribution in [0.2, 0.25) is 0 Å². The number of allylic oxidation sites excluding steroid dienone is 4. The van der Waals surface area contributed by atoms with Crippen LogP contribution in [0, 0.1) is 16.7 Å². The number of hydrogen-bond donors (Lipinski definition) is 0. The van der Waals surface area contributed by atoms with Crippen LogP contribution >= 0.6 is 0 Å². The SMILES string of the molecule is CCCCCCC(/C=C/C(F)=C/C12CCCC(CCC)(CC1)CC2)CCC. The van der Waals surface area contributed by atoms with Gasteiger partial charge in [-0.1, -0.05) is 71.8 Å². The maximum Gasteiger partial charge on any atom is 0.119 e. The molecule has 1 heteroatoms. The fraction of sp³-hybridized carbons (Fsp3) is 0.846. The van der Waals surface area contributed by atoms with Crippen molar-refractivity contribution in [3.8, 4) is 0 Å². The zero-order valence-corrected chi connectivity index (χ0v) is 18.5. The molecule has 0 heterocycles. The third kappa shape index (κ3) is 7.06. The van der Waals surface area contributed by atoms with Crippen LogP contribution in [0.4, 0.5) is 4.39 Å². The van der Waals surface area contributed by atoms with Crippen molar-refractivity contribution < 1.29 is 4.39 Å². The first-order valence-electron chi connectivity index (χ1n) is 12.1. The average molecular weight is 377 g/mol. The number of fused-ring (bicyclic) bond motifs is 4. The Hall–Kier alpha value is -0.590. The van der Waals surface area contributed by atoms with Crippen molar-refractivity contribution in [2.75, 3.05) is 0 Å². The summed E-state index contributed by atoms with van der Waals surface area (Å²) >= 11 is 0. The van der Waals surface area contributed by atoms with Crippen LogP contribution in [-0.4, -0.2) is 0 Å². The molecule has 0 nitrogen and oxygen atoms in total. The third-order valence-electron chi connectivity index (χ3n) is 7.53. The lowest BCUT2D eigenvalue weighted by Gasteiger charge is -2.41. The molecule has 0 N–H and O–H groups in total. The van der Waals surface area contributed by atoms with Crippen molar-refractivity contribution in [1.82, 2.24) is 0 Å². The molecule has 0 saturated heterocycles. The van der Waals surface area contributed by atoms with E-state index in [9.17, 15) is 4.39 Å². The summed E-state index contributed by atoms with van der Waals surface area (Å²) < 4.78 is 14.8. The molecule has 27 heavy (non-hydrogen) atoms.